The fourth-order valence-electron chi connectivity index (χ4n) is 2.86. The molecule has 116 valence electrons. The lowest BCUT2D eigenvalue weighted by atomic mass is 10.0. The number of nitrogens with one attached hydrogen (secondary N) is 1. The van der Waals surface area contributed by atoms with E-state index in [1.165, 1.54) is 10.5 Å². The third-order valence-corrected chi connectivity index (χ3v) is 5.20. The van der Waals surface area contributed by atoms with Gasteiger partial charge in [0.1, 0.15) is 5.76 Å². The van der Waals surface area contributed by atoms with Gasteiger partial charge in [-0.3, -0.25) is 4.79 Å². The molecule has 0 radical (unpaired) electrons. The Morgan fingerprint density at radius 1 is 1.41 bits per heavy atom. The number of hydrogen-bond donors (Lipinski definition) is 1. The monoisotopic (exact) mass is 316 g/mol. The number of fused-ring (bicyclic) bond motifs is 1. The maximum atomic E-state index is 12.3. The van der Waals surface area contributed by atoms with Crippen molar-refractivity contribution in [3.63, 3.8) is 0 Å². The summed E-state index contributed by atoms with van der Waals surface area (Å²) in [6, 6.07) is 8.46. The molecule has 1 aliphatic heterocycles. The Morgan fingerprint density at radius 2 is 2.23 bits per heavy atom. The molecule has 1 amide bonds. The minimum absolute atomic E-state index is 0.0895. The van der Waals surface area contributed by atoms with Crippen molar-refractivity contribution >= 4 is 17.7 Å². The summed E-state index contributed by atoms with van der Waals surface area (Å²) in [6.45, 7) is 3.81. The Bertz CT molecular complexity index is 662. The second-order valence-corrected chi connectivity index (χ2v) is 6.73. The lowest BCUT2D eigenvalue weighted by Gasteiger charge is -2.25. The van der Waals surface area contributed by atoms with Gasteiger partial charge in [-0.25, -0.2) is 0 Å². The standard InChI is InChI=1S/C17H20N2O2S/c1-11-13(12(2)21-19-11)7-8-17(20)18-15-9-10-22-16-6-4-3-5-14(15)16/h3-6,15H,7-10H2,1-2H3,(H,18,20). The van der Waals surface area contributed by atoms with E-state index in [1.54, 1.807) is 0 Å². The van der Waals surface area contributed by atoms with Crippen LogP contribution in [0.2, 0.25) is 0 Å². The molecule has 1 N–H and O–H groups in total. The van der Waals surface area contributed by atoms with Crippen molar-refractivity contribution in [1.82, 2.24) is 10.5 Å². The average molecular weight is 316 g/mol. The zero-order chi connectivity index (χ0) is 15.5. The van der Waals surface area contributed by atoms with E-state index >= 15 is 0 Å². The first-order valence-electron chi connectivity index (χ1n) is 7.58. The topological polar surface area (TPSA) is 55.1 Å². The molecule has 1 aliphatic rings. The van der Waals surface area contributed by atoms with Crippen molar-refractivity contribution in [2.24, 2.45) is 0 Å². The van der Waals surface area contributed by atoms with E-state index < -0.39 is 0 Å². The van der Waals surface area contributed by atoms with Crippen LogP contribution in [0, 0.1) is 13.8 Å². The Balaban J connectivity index is 1.61. The molecule has 4 nitrogen and oxygen atoms in total. The fourth-order valence-corrected chi connectivity index (χ4v) is 3.98. The molecule has 1 atom stereocenters. The van der Waals surface area contributed by atoms with Crippen molar-refractivity contribution in [2.45, 2.75) is 44.0 Å². The zero-order valence-electron chi connectivity index (χ0n) is 12.9. The third-order valence-electron chi connectivity index (χ3n) is 4.08. The molecule has 0 saturated heterocycles. The summed E-state index contributed by atoms with van der Waals surface area (Å²) in [5.41, 5.74) is 3.17. The first-order chi connectivity index (χ1) is 10.6. The molecule has 0 spiro atoms. The largest absolute Gasteiger partial charge is 0.361 e. The van der Waals surface area contributed by atoms with Crippen molar-refractivity contribution in [3.8, 4) is 0 Å². The number of aryl methyl sites for hydroxylation is 2. The predicted octanol–water partition coefficient (Wildman–Crippen LogP) is 3.58. The minimum atomic E-state index is 0.0895. The van der Waals surface area contributed by atoms with Crippen LogP contribution in [0.1, 0.15) is 41.5 Å². The smallest absolute Gasteiger partial charge is 0.220 e. The second kappa shape index (κ2) is 6.57. The van der Waals surface area contributed by atoms with Gasteiger partial charge in [-0.1, -0.05) is 23.4 Å². The van der Waals surface area contributed by atoms with Crippen LogP contribution in [-0.4, -0.2) is 16.8 Å². The summed E-state index contributed by atoms with van der Waals surface area (Å²) < 4.78 is 5.14. The first-order valence-corrected chi connectivity index (χ1v) is 8.56. The summed E-state index contributed by atoms with van der Waals surface area (Å²) in [5.74, 6) is 1.95. The Hall–Kier alpha value is -1.75. The van der Waals surface area contributed by atoms with E-state index in [0.717, 1.165) is 29.2 Å². The van der Waals surface area contributed by atoms with Gasteiger partial charge >= 0.3 is 0 Å². The average Bonchev–Trinajstić information content (AvgIpc) is 2.84. The van der Waals surface area contributed by atoms with E-state index in [1.807, 2.05) is 37.7 Å². The van der Waals surface area contributed by atoms with Gasteiger partial charge < -0.3 is 9.84 Å². The molecular formula is C17H20N2O2S. The number of amides is 1. The normalized spacial score (nSPS) is 17.1. The SMILES string of the molecule is Cc1noc(C)c1CCC(=O)NC1CCSc2ccccc21. The highest BCUT2D eigenvalue weighted by atomic mass is 32.2. The summed E-state index contributed by atoms with van der Waals surface area (Å²) in [6.07, 6.45) is 2.13. The van der Waals surface area contributed by atoms with E-state index in [2.05, 4.69) is 22.6 Å². The third kappa shape index (κ3) is 3.19. The van der Waals surface area contributed by atoms with Gasteiger partial charge in [0, 0.05) is 22.6 Å². The van der Waals surface area contributed by atoms with Crippen LogP contribution in [-0.2, 0) is 11.2 Å². The van der Waals surface area contributed by atoms with Gasteiger partial charge in [0.15, 0.2) is 0 Å². The fraction of sp³-hybridized carbons (Fsp3) is 0.412. The van der Waals surface area contributed by atoms with Crippen LogP contribution in [0.3, 0.4) is 0 Å². The van der Waals surface area contributed by atoms with Crippen molar-refractivity contribution in [1.29, 1.82) is 0 Å². The number of thioether (sulfide) groups is 1. The summed E-state index contributed by atoms with van der Waals surface area (Å²) in [4.78, 5) is 13.6. The number of carbonyl (C=O) groups excluding carboxylic acids is 1. The van der Waals surface area contributed by atoms with E-state index in [-0.39, 0.29) is 11.9 Å². The Morgan fingerprint density at radius 3 is 3.00 bits per heavy atom. The molecule has 1 aromatic heterocycles. The van der Waals surface area contributed by atoms with E-state index in [4.69, 9.17) is 4.52 Å². The van der Waals surface area contributed by atoms with Crippen molar-refractivity contribution < 1.29 is 9.32 Å². The zero-order valence-corrected chi connectivity index (χ0v) is 13.7. The first kappa shape index (κ1) is 15.2. The highest BCUT2D eigenvalue weighted by Crippen LogP contribution is 2.35. The molecule has 1 unspecified atom stereocenters. The molecule has 0 bridgehead atoms. The van der Waals surface area contributed by atoms with Crippen LogP contribution in [0.5, 0.6) is 0 Å². The molecule has 5 heteroatoms. The highest BCUT2D eigenvalue weighted by Gasteiger charge is 2.22. The predicted molar refractivity (Wildman–Crippen MR) is 87.0 cm³/mol. The van der Waals surface area contributed by atoms with Crippen LogP contribution in [0.4, 0.5) is 0 Å². The van der Waals surface area contributed by atoms with Gasteiger partial charge in [0.05, 0.1) is 11.7 Å². The van der Waals surface area contributed by atoms with Crippen LogP contribution >= 0.6 is 11.8 Å². The second-order valence-electron chi connectivity index (χ2n) is 5.60. The minimum Gasteiger partial charge on any atom is -0.361 e. The number of benzene rings is 1. The lowest BCUT2D eigenvalue weighted by Crippen LogP contribution is -2.30. The Labute approximate surface area is 134 Å². The number of aromatic nitrogens is 1. The van der Waals surface area contributed by atoms with E-state index in [9.17, 15) is 4.79 Å². The molecule has 3 rings (SSSR count). The van der Waals surface area contributed by atoms with Gasteiger partial charge in [-0.05, 0) is 38.3 Å². The van der Waals surface area contributed by atoms with Crippen LogP contribution < -0.4 is 5.32 Å². The molecule has 1 aromatic carbocycles. The molecular weight excluding hydrogens is 296 g/mol. The molecule has 2 aromatic rings. The molecule has 0 fully saturated rings. The molecule has 22 heavy (non-hydrogen) atoms. The summed E-state index contributed by atoms with van der Waals surface area (Å²) >= 11 is 1.86. The molecule has 0 saturated carbocycles. The maximum absolute atomic E-state index is 12.3. The van der Waals surface area contributed by atoms with E-state index in [0.29, 0.717) is 12.8 Å². The molecule has 0 aliphatic carbocycles. The van der Waals surface area contributed by atoms with Gasteiger partial charge in [0.25, 0.3) is 0 Å². The number of nitrogens with zero attached hydrogens (tertiary/aromatic N) is 1. The van der Waals surface area contributed by atoms with Gasteiger partial charge in [0.2, 0.25) is 5.91 Å². The number of hydrogen-bond acceptors (Lipinski definition) is 4. The summed E-state index contributed by atoms with van der Waals surface area (Å²) in [5, 5.41) is 7.10. The van der Waals surface area contributed by atoms with Gasteiger partial charge in [-0.2, -0.15) is 0 Å². The maximum Gasteiger partial charge on any atom is 0.220 e. The van der Waals surface area contributed by atoms with Gasteiger partial charge in [-0.15, -0.1) is 11.8 Å². The molecule has 2 heterocycles. The van der Waals surface area contributed by atoms with Crippen LogP contribution in [0.15, 0.2) is 33.7 Å². The van der Waals surface area contributed by atoms with Crippen molar-refractivity contribution in [2.75, 3.05) is 5.75 Å². The quantitative estimate of drug-likeness (QED) is 0.937. The highest BCUT2D eigenvalue weighted by molar-refractivity contribution is 7.99. The lowest BCUT2D eigenvalue weighted by molar-refractivity contribution is -0.121. The number of carbonyl (C=O) groups is 1. The summed E-state index contributed by atoms with van der Waals surface area (Å²) in [7, 11) is 0. The van der Waals surface area contributed by atoms with Crippen LogP contribution in [0.25, 0.3) is 0 Å². The number of rotatable bonds is 4. The Kier molecular flexibility index (Phi) is 4.52. The van der Waals surface area contributed by atoms with Crippen molar-refractivity contribution in [3.05, 3.63) is 46.8 Å².